The molecule has 0 spiro atoms. The summed E-state index contributed by atoms with van der Waals surface area (Å²) in [5.41, 5.74) is 0.395. The second-order valence-corrected chi connectivity index (χ2v) is 4.51. The van der Waals surface area contributed by atoms with Gasteiger partial charge in [-0.3, -0.25) is 9.59 Å². The van der Waals surface area contributed by atoms with Gasteiger partial charge in [-0.05, 0) is 18.6 Å². The standard InChI is InChI=1S/C13H14ClN3O2/c14-10-8-11(16-9-10)13(19)15-5-3-7-17-6-2-1-4-12(17)18/h1-2,4,6,8-9,16H,3,5,7H2,(H,15,19). The van der Waals surface area contributed by atoms with E-state index in [2.05, 4.69) is 10.3 Å². The Morgan fingerprint density at radius 1 is 1.42 bits per heavy atom. The van der Waals surface area contributed by atoms with Gasteiger partial charge in [-0.2, -0.15) is 0 Å². The van der Waals surface area contributed by atoms with E-state index in [0.717, 1.165) is 0 Å². The molecule has 0 radical (unpaired) electrons. The molecule has 2 aromatic rings. The quantitative estimate of drug-likeness (QED) is 0.817. The van der Waals surface area contributed by atoms with Crippen molar-refractivity contribution in [1.82, 2.24) is 14.9 Å². The van der Waals surface area contributed by atoms with E-state index >= 15 is 0 Å². The molecule has 0 bridgehead atoms. The lowest BCUT2D eigenvalue weighted by Gasteiger charge is -2.06. The highest BCUT2D eigenvalue weighted by molar-refractivity contribution is 6.30. The summed E-state index contributed by atoms with van der Waals surface area (Å²) < 4.78 is 1.61. The maximum absolute atomic E-state index is 11.7. The molecule has 0 aromatic carbocycles. The van der Waals surface area contributed by atoms with Gasteiger partial charge in [-0.15, -0.1) is 0 Å². The fraction of sp³-hybridized carbons (Fsp3) is 0.231. The number of hydrogen-bond acceptors (Lipinski definition) is 2. The van der Waals surface area contributed by atoms with E-state index in [1.165, 1.54) is 6.07 Å². The Bertz CT molecular complexity index is 618. The average Bonchev–Trinajstić information content (AvgIpc) is 2.83. The molecule has 0 saturated carbocycles. The fourth-order valence-corrected chi connectivity index (χ4v) is 1.85. The van der Waals surface area contributed by atoms with Gasteiger partial charge in [0.15, 0.2) is 0 Å². The number of aromatic amines is 1. The molecule has 2 N–H and O–H groups in total. The summed E-state index contributed by atoms with van der Waals surface area (Å²) in [5, 5.41) is 3.26. The Kier molecular flexibility index (Phi) is 4.41. The zero-order valence-electron chi connectivity index (χ0n) is 10.2. The lowest BCUT2D eigenvalue weighted by molar-refractivity contribution is 0.0948. The number of carbonyl (C=O) groups excluding carboxylic acids is 1. The Morgan fingerprint density at radius 2 is 2.26 bits per heavy atom. The predicted molar refractivity (Wildman–Crippen MR) is 73.5 cm³/mol. The van der Waals surface area contributed by atoms with Crippen LogP contribution in [0.2, 0.25) is 5.02 Å². The third kappa shape index (κ3) is 3.72. The summed E-state index contributed by atoms with van der Waals surface area (Å²) in [6.07, 6.45) is 3.97. The van der Waals surface area contributed by atoms with Crippen LogP contribution in [0.1, 0.15) is 16.9 Å². The van der Waals surface area contributed by atoms with Gasteiger partial charge in [0, 0.05) is 31.5 Å². The molecule has 0 aliphatic heterocycles. The number of hydrogen-bond donors (Lipinski definition) is 2. The Balaban J connectivity index is 1.77. The third-order valence-corrected chi connectivity index (χ3v) is 2.87. The van der Waals surface area contributed by atoms with Crippen molar-refractivity contribution in [3.8, 4) is 0 Å². The summed E-state index contributed by atoms with van der Waals surface area (Å²) in [5.74, 6) is -0.202. The van der Waals surface area contributed by atoms with Crippen molar-refractivity contribution in [2.45, 2.75) is 13.0 Å². The zero-order valence-corrected chi connectivity index (χ0v) is 11.0. The number of amides is 1. The van der Waals surface area contributed by atoms with E-state index in [0.29, 0.717) is 30.2 Å². The van der Waals surface area contributed by atoms with Crippen LogP contribution in [0.4, 0.5) is 0 Å². The smallest absolute Gasteiger partial charge is 0.267 e. The molecule has 100 valence electrons. The molecule has 0 fully saturated rings. The highest BCUT2D eigenvalue weighted by Crippen LogP contribution is 2.08. The lowest BCUT2D eigenvalue weighted by Crippen LogP contribution is -2.27. The number of carbonyl (C=O) groups is 1. The summed E-state index contributed by atoms with van der Waals surface area (Å²) in [7, 11) is 0. The van der Waals surface area contributed by atoms with Crippen LogP contribution in [-0.4, -0.2) is 22.0 Å². The number of nitrogens with zero attached hydrogens (tertiary/aromatic N) is 1. The molecule has 0 unspecified atom stereocenters. The van der Waals surface area contributed by atoms with E-state index in [9.17, 15) is 9.59 Å². The first-order valence-electron chi connectivity index (χ1n) is 5.94. The van der Waals surface area contributed by atoms with Crippen LogP contribution in [0.15, 0.2) is 41.5 Å². The van der Waals surface area contributed by atoms with Gasteiger partial charge in [0.1, 0.15) is 5.69 Å². The van der Waals surface area contributed by atoms with Crippen LogP contribution >= 0.6 is 11.6 Å². The molecule has 5 nitrogen and oxygen atoms in total. The largest absolute Gasteiger partial charge is 0.356 e. The highest BCUT2D eigenvalue weighted by atomic mass is 35.5. The van der Waals surface area contributed by atoms with Crippen molar-refractivity contribution in [2.24, 2.45) is 0 Å². The third-order valence-electron chi connectivity index (χ3n) is 2.65. The SMILES string of the molecule is O=C(NCCCn1ccccc1=O)c1cc(Cl)c[nH]1. The summed E-state index contributed by atoms with van der Waals surface area (Å²) in [6, 6.07) is 6.59. The summed E-state index contributed by atoms with van der Waals surface area (Å²) >= 11 is 5.71. The highest BCUT2D eigenvalue weighted by Gasteiger charge is 2.06. The number of nitrogens with one attached hydrogen (secondary N) is 2. The minimum atomic E-state index is -0.202. The van der Waals surface area contributed by atoms with Gasteiger partial charge in [0.25, 0.3) is 5.91 Å². The molecule has 0 saturated heterocycles. The number of aromatic nitrogens is 2. The maximum Gasteiger partial charge on any atom is 0.267 e. The molecule has 2 heterocycles. The van der Waals surface area contributed by atoms with E-state index in [1.807, 2.05) is 0 Å². The van der Waals surface area contributed by atoms with E-state index < -0.39 is 0 Å². The molecule has 2 rings (SSSR count). The van der Waals surface area contributed by atoms with E-state index in [-0.39, 0.29) is 11.5 Å². The minimum absolute atomic E-state index is 0.0371. The van der Waals surface area contributed by atoms with Gasteiger partial charge >= 0.3 is 0 Å². The van der Waals surface area contributed by atoms with Crippen molar-refractivity contribution in [1.29, 1.82) is 0 Å². The van der Waals surface area contributed by atoms with Gasteiger partial charge in [0.05, 0.1) is 5.02 Å². The fourth-order valence-electron chi connectivity index (χ4n) is 1.69. The first-order valence-corrected chi connectivity index (χ1v) is 6.32. The second-order valence-electron chi connectivity index (χ2n) is 4.07. The Hall–Kier alpha value is -2.01. The van der Waals surface area contributed by atoms with Crippen LogP contribution in [0.5, 0.6) is 0 Å². The number of pyridine rings is 1. The molecule has 0 atom stereocenters. The molecular formula is C13H14ClN3O2. The monoisotopic (exact) mass is 279 g/mol. The summed E-state index contributed by atoms with van der Waals surface area (Å²) in [6.45, 7) is 1.07. The molecular weight excluding hydrogens is 266 g/mol. The first kappa shape index (κ1) is 13.4. The van der Waals surface area contributed by atoms with Crippen molar-refractivity contribution < 1.29 is 4.79 Å². The van der Waals surface area contributed by atoms with Gasteiger partial charge in [-0.25, -0.2) is 0 Å². The van der Waals surface area contributed by atoms with Crippen molar-refractivity contribution in [3.05, 3.63) is 57.7 Å². The lowest BCUT2D eigenvalue weighted by atomic mass is 10.3. The number of aryl methyl sites for hydroxylation is 1. The number of rotatable bonds is 5. The topological polar surface area (TPSA) is 66.9 Å². The van der Waals surface area contributed by atoms with E-state index in [4.69, 9.17) is 11.6 Å². The minimum Gasteiger partial charge on any atom is -0.356 e. The first-order chi connectivity index (χ1) is 9.16. The molecule has 1 amide bonds. The molecule has 0 aliphatic rings. The van der Waals surface area contributed by atoms with Crippen LogP contribution in [0.25, 0.3) is 0 Å². The maximum atomic E-state index is 11.7. The molecule has 2 aromatic heterocycles. The van der Waals surface area contributed by atoms with Crippen molar-refractivity contribution >= 4 is 17.5 Å². The van der Waals surface area contributed by atoms with Gasteiger partial charge in [0.2, 0.25) is 5.56 Å². The van der Waals surface area contributed by atoms with Crippen molar-refractivity contribution in [3.63, 3.8) is 0 Å². The normalized spacial score (nSPS) is 10.4. The van der Waals surface area contributed by atoms with Crippen LogP contribution < -0.4 is 10.9 Å². The average molecular weight is 280 g/mol. The number of H-pyrrole nitrogens is 1. The summed E-state index contributed by atoms with van der Waals surface area (Å²) in [4.78, 5) is 25.9. The van der Waals surface area contributed by atoms with Gasteiger partial charge in [-0.1, -0.05) is 17.7 Å². The van der Waals surface area contributed by atoms with Crippen LogP contribution in [0.3, 0.4) is 0 Å². The molecule has 6 heteroatoms. The predicted octanol–water partition coefficient (Wildman–Crippen LogP) is 1.65. The molecule has 19 heavy (non-hydrogen) atoms. The van der Waals surface area contributed by atoms with Crippen LogP contribution in [-0.2, 0) is 6.54 Å². The number of halogens is 1. The molecule has 0 aliphatic carbocycles. The van der Waals surface area contributed by atoms with Crippen LogP contribution in [0, 0.1) is 0 Å². The Morgan fingerprint density at radius 3 is 2.95 bits per heavy atom. The Labute approximate surface area is 115 Å². The van der Waals surface area contributed by atoms with Gasteiger partial charge < -0.3 is 14.9 Å². The zero-order chi connectivity index (χ0) is 13.7. The van der Waals surface area contributed by atoms with E-state index in [1.54, 1.807) is 35.2 Å². The second kappa shape index (κ2) is 6.24. The van der Waals surface area contributed by atoms with Crippen molar-refractivity contribution in [2.75, 3.05) is 6.54 Å².